The van der Waals surface area contributed by atoms with Crippen LogP contribution >= 0.6 is 11.3 Å². The number of likely N-dealkylation sites (tertiary alicyclic amines) is 1. The summed E-state index contributed by atoms with van der Waals surface area (Å²) < 4.78 is 0. The van der Waals surface area contributed by atoms with Gasteiger partial charge in [-0.25, -0.2) is 4.98 Å². The Morgan fingerprint density at radius 2 is 1.68 bits per heavy atom. The first kappa shape index (κ1) is 28.7. The summed E-state index contributed by atoms with van der Waals surface area (Å²) in [6.45, 7) is 3.74. The molecule has 0 aliphatic carbocycles. The van der Waals surface area contributed by atoms with Gasteiger partial charge in [0.1, 0.15) is 12.2 Å². The van der Waals surface area contributed by atoms with Crippen molar-refractivity contribution in [2.45, 2.75) is 45.4 Å². The minimum Gasteiger partial charge on any atom is -0.530 e. The number of carbonyl (C=O) groups is 4. The largest absolute Gasteiger partial charge is 0.530 e. The molecule has 0 bridgehead atoms. The van der Waals surface area contributed by atoms with Crippen molar-refractivity contribution in [3.63, 3.8) is 0 Å². The number of rotatable bonds is 11. The number of carboxylic acid groups (broad SMARTS) is 2. The van der Waals surface area contributed by atoms with Crippen molar-refractivity contribution in [3.8, 4) is 0 Å². The third kappa shape index (κ3) is 8.88. The van der Waals surface area contributed by atoms with Gasteiger partial charge in [0.05, 0.1) is 5.69 Å². The number of thiazole rings is 1. The first-order valence-electron chi connectivity index (χ1n) is 12.1. The molecule has 206 valence electrons. The Morgan fingerprint density at radius 1 is 1.05 bits per heavy atom. The zero-order valence-electron chi connectivity index (χ0n) is 21.2. The van der Waals surface area contributed by atoms with Gasteiger partial charge in [-0.3, -0.25) is 14.5 Å². The fraction of sp³-hybridized carbons (Fsp3) is 0.458. The van der Waals surface area contributed by atoms with Crippen LogP contribution < -0.4 is 36.8 Å². The number of aromatic nitrogens is 1. The average Bonchev–Trinajstić information content (AvgIpc) is 3.22. The summed E-state index contributed by atoms with van der Waals surface area (Å²) in [6.07, 6.45) is -1.75. The Labute approximate surface area is 224 Å². The van der Waals surface area contributed by atoms with Crippen molar-refractivity contribution in [1.82, 2.24) is 25.8 Å². The molecule has 1 aromatic carbocycles. The van der Waals surface area contributed by atoms with Gasteiger partial charge in [0.2, 0.25) is 11.8 Å². The minimum absolute atomic E-state index is 0.0352. The van der Waals surface area contributed by atoms with Crippen molar-refractivity contribution >= 4 is 46.2 Å². The lowest BCUT2D eigenvalue weighted by Gasteiger charge is -2.30. The van der Waals surface area contributed by atoms with E-state index in [1.54, 1.807) is 19.2 Å². The molecule has 1 aliphatic heterocycles. The molecule has 3 rings (SSSR count). The minimum atomic E-state index is -1.65. The Hall–Kier alpha value is -3.91. The molecule has 2 heterocycles. The number of hydrogen-bond acceptors (Lipinski definition) is 10. The molecule has 1 fully saturated rings. The standard InChI is InChI=1S/C24H33N7O6S/c1-14(32)26-22-28-18(19(38-22)13-31-11-9-16(10-12-31)20(33)25-2)8-5-15-3-6-17(7-4-15)27-21(29-23(34)35)30-24(36)37/h3-4,6-7,16,21,27,29-30H,5,8-13H2,1-2H3,(H,25,33)(H,34,35)(H,36,37)(H,26,28,32)/p-2. The molecule has 1 saturated heterocycles. The maximum Gasteiger partial charge on any atom is 0.223 e. The van der Waals surface area contributed by atoms with Crippen LogP contribution in [0.1, 0.15) is 35.9 Å². The van der Waals surface area contributed by atoms with Gasteiger partial charge in [0.25, 0.3) is 0 Å². The lowest BCUT2D eigenvalue weighted by Crippen LogP contribution is -2.58. The molecule has 0 atom stereocenters. The summed E-state index contributed by atoms with van der Waals surface area (Å²) in [6, 6.07) is 7.05. The monoisotopic (exact) mass is 545 g/mol. The van der Waals surface area contributed by atoms with Crippen LogP contribution in [-0.2, 0) is 29.0 Å². The third-order valence-corrected chi connectivity index (χ3v) is 7.07. The molecule has 2 aromatic rings. The van der Waals surface area contributed by atoms with Crippen LogP contribution in [-0.4, -0.2) is 60.3 Å². The first-order valence-corrected chi connectivity index (χ1v) is 12.9. The van der Waals surface area contributed by atoms with Crippen LogP contribution in [0, 0.1) is 5.92 Å². The highest BCUT2D eigenvalue weighted by Crippen LogP contribution is 2.28. The summed E-state index contributed by atoms with van der Waals surface area (Å²) >= 11 is 1.45. The van der Waals surface area contributed by atoms with Crippen molar-refractivity contribution in [2.75, 3.05) is 30.8 Å². The molecule has 14 heteroatoms. The lowest BCUT2D eigenvalue weighted by molar-refractivity contribution is -0.255. The zero-order chi connectivity index (χ0) is 27.7. The van der Waals surface area contributed by atoms with Crippen molar-refractivity contribution < 1.29 is 29.4 Å². The van der Waals surface area contributed by atoms with Crippen LogP contribution in [0.15, 0.2) is 24.3 Å². The van der Waals surface area contributed by atoms with E-state index in [0.717, 1.165) is 42.1 Å². The number of hydrogen-bond donors (Lipinski definition) is 5. The molecule has 0 saturated carbocycles. The van der Waals surface area contributed by atoms with Crippen LogP contribution in [0.25, 0.3) is 0 Å². The lowest BCUT2D eigenvalue weighted by atomic mass is 9.96. The number of nitrogens with zero attached hydrogens (tertiary/aromatic N) is 2. The van der Waals surface area contributed by atoms with E-state index in [4.69, 9.17) is 0 Å². The number of nitrogens with one attached hydrogen (secondary N) is 5. The SMILES string of the molecule is CNC(=O)C1CCN(Cc2sc(NC(C)=O)nc2CCc2ccc(NC(NC(=O)[O-])NC(=O)[O-])cc2)CC1. The number of benzene rings is 1. The van der Waals surface area contributed by atoms with Crippen molar-refractivity contribution in [3.05, 3.63) is 40.4 Å². The molecule has 1 aliphatic rings. The van der Waals surface area contributed by atoms with Gasteiger partial charge >= 0.3 is 0 Å². The van der Waals surface area contributed by atoms with Gasteiger partial charge < -0.3 is 46.4 Å². The van der Waals surface area contributed by atoms with E-state index >= 15 is 0 Å². The van der Waals surface area contributed by atoms with E-state index in [1.165, 1.54) is 18.3 Å². The maximum absolute atomic E-state index is 11.9. The van der Waals surface area contributed by atoms with Gasteiger partial charge in [0.15, 0.2) is 11.4 Å². The predicted octanol–water partition coefficient (Wildman–Crippen LogP) is -0.594. The molecule has 5 N–H and O–H groups in total. The van der Waals surface area contributed by atoms with E-state index in [1.807, 2.05) is 22.8 Å². The summed E-state index contributed by atoms with van der Waals surface area (Å²) in [5, 5.41) is 34.0. The summed E-state index contributed by atoms with van der Waals surface area (Å²) in [4.78, 5) is 53.0. The second kappa shape index (κ2) is 13.6. The van der Waals surface area contributed by atoms with Crippen molar-refractivity contribution in [2.24, 2.45) is 5.92 Å². The highest BCUT2D eigenvalue weighted by Gasteiger charge is 2.25. The zero-order valence-corrected chi connectivity index (χ0v) is 22.0. The number of anilines is 2. The predicted molar refractivity (Wildman–Crippen MR) is 137 cm³/mol. The summed E-state index contributed by atoms with van der Waals surface area (Å²) in [5.74, 6) is -0.0721. The normalized spacial score (nSPS) is 14.1. The van der Waals surface area contributed by atoms with Gasteiger partial charge in [-0.2, -0.15) is 0 Å². The van der Waals surface area contributed by atoms with Crippen molar-refractivity contribution in [1.29, 1.82) is 0 Å². The second-order valence-electron chi connectivity index (χ2n) is 8.87. The molecule has 0 unspecified atom stereocenters. The molecule has 0 spiro atoms. The Morgan fingerprint density at radius 3 is 2.24 bits per heavy atom. The molecule has 0 radical (unpaired) electrons. The van der Waals surface area contributed by atoms with E-state index < -0.39 is 18.5 Å². The second-order valence-corrected chi connectivity index (χ2v) is 9.96. The van der Waals surface area contributed by atoms with Gasteiger partial charge in [-0.05, 0) is 56.5 Å². The Balaban J connectivity index is 1.62. The molecule has 1 aromatic heterocycles. The van der Waals surface area contributed by atoms with Gasteiger partial charge in [-0.1, -0.05) is 12.1 Å². The van der Waals surface area contributed by atoms with Crippen LogP contribution in [0.2, 0.25) is 0 Å². The maximum atomic E-state index is 11.9. The first-order chi connectivity index (χ1) is 18.1. The average molecular weight is 546 g/mol. The number of aryl methyl sites for hydroxylation is 2. The molecule has 38 heavy (non-hydrogen) atoms. The van der Waals surface area contributed by atoms with Gasteiger partial charge in [-0.15, -0.1) is 11.3 Å². The number of piperidine rings is 1. The van der Waals surface area contributed by atoms with E-state index in [-0.39, 0.29) is 17.7 Å². The highest BCUT2D eigenvalue weighted by molar-refractivity contribution is 7.15. The van der Waals surface area contributed by atoms with E-state index in [0.29, 0.717) is 30.2 Å². The highest BCUT2D eigenvalue weighted by atomic mass is 32.1. The van der Waals surface area contributed by atoms with Gasteiger partial charge in [0, 0.05) is 37.0 Å². The fourth-order valence-electron chi connectivity index (χ4n) is 4.21. The number of amides is 4. The molecular weight excluding hydrogens is 514 g/mol. The molecular formula is C24H31N7O6S-2. The van der Waals surface area contributed by atoms with Crippen LogP contribution in [0.4, 0.5) is 20.4 Å². The summed E-state index contributed by atoms with van der Waals surface area (Å²) in [7, 11) is 1.66. The van der Waals surface area contributed by atoms with Crippen LogP contribution in [0.5, 0.6) is 0 Å². The molecule has 4 amide bonds. The van der Waals surface area contributed by atoms with E-state index in [2.05, 4.69) is 25.8 Å². The smallest absolute Gasteiger partial charge is 0.223 e. The Bertz CT molecular complexity index is 1120. The quantitative estimate of drug-likeness (QED) is 0.230. The third-order valence-electron chi connectivity index (χ3n) is 6.07. The van der Waals surface area contributed by atoms with E-state index in [9.17, 15) is 29.4 Å². The molecule has 13 nitrogen and oxygen atoms in total. The summed E-state index contributed by atoms with van der Waals surface area (Å²) in [5.41, 5.74) is 2.36. The fourth-order valence-corrected chi connectivity index (χ4v) is 5.30. The topological polar surface area (TPSA) is 191 Å². The van der Waals surface area contributed by atoms with Crippen LogP contribution in [0.3, 0.4) is 0 Å². The number of carbonyl (C=O) groups excluding carboxylic acids is 4. The Kier molecular flexibility index (Phi) is 10.2.